The first-order valence-electron chi connectivity index (χ1n) is 8.79. The Morgan fingerprint density at radius 3 is 2.88 bits per heavy atom. The topological polar surface area (TPSA) is 84.2 Å². The number of nitrogens with two attached hydrogens (primary N) is 1. The van der Waals surface area contributed by atoms with Crippen molar-refractivity contribution in [1.82, 2.24) is 5.32 Å². The van der Waals surface area contributed by atoms with E-state index in [0.717, 1.165) is 42.4 Å². The van der Waals surface area contributed by atoms with Gasteiger partial charge in [-0.3, -0.25) is 9.59 Å². The van der Waals surface area contributed by atoms with Gasteiger partial charge < -0.3 is 16.4 Å². The molecule has 0 radical (unpaired) electrons. The summed E-state index contributed by atoms with van der Waals surface area (Å²) in [6, 6.07) is 5.68. The van der Waals surface area contributed by atoms with Gasteiger partial charge in [-0.25, -0.2) is 0 Å². The maximum atomic E-state index is 13.0. The fraction of sp³-hybridized carbons (Fsp3) is 0.368. The summed E-state index contributed by atoms with van der Waals surface area (Å²) in [7, 11) is 0. The van der Waals surface area contributed by atoms with Crippen LogP contribution in [0.2, 0.25) is 5.02 Å². The predicted molar refractivity (Wildman–Crippen MR) is 104 cm³/mol. The molecule has 1 aliphatic heterocycles. The lowest BCUT2D eigenvalue weighted by atomic mass is 9.90. The van der Waals surface area contributed by atoms with Gasteiger partial charge in [0.15, 0.2) is 0 Å². The molecule has 2 aliphatic rings. The van der Waals surface area contributed by atoms with E-state index in [1.165, 1.54) is 16.2 Å². The Bertz CT molecular complexity index is 893. The van der Waals surface area contributed by atoms with E-state index in [-0.39, 0.29) is 5.91 Å². The molecule has 1 atom stereocenters. The third kappa shape index (κ3) is 3.02. The van der Waals surface area contributed by atoms with Crippen molar-refractivity contribution >= 4 is 39.8 Å². The van der Waals surface area contributed by atoms with Crippen molar-refractivity contribution < 1.29 is 9.59 Å². The molecule has 1 aromatic carbocycles. The Hall–Kier alpha value is -1.89. The Labute approximate surface area is 160 Å². The molecule has 0 spiro atoms. The lowest BCUT2D eigenvalue weighted by Crippen LogP contribution is -2.36. The van der Waals surface area contributed by atoms with Gasteiger partial charge in [-0.05, 0) is 48.4 Å². The van der Waals surface area contributed by atoms with Gasteiger partial charge in [0, 0.05) is 23.0 Å². The van der Waals surface area contributed by atoms with Gasteiger partial charge in [0.05, 0.1) is 11.5 Å². The third-order valence-electron chi connectivity index (χ3n) is 5.13. The minimum absolute atomic E-state index is 0.160. The van der Waals surface area contributed by atoms with Crippen LogP contribution >= 0.6 is 22.9 Å². The number of thiophene rings is 1. The van der Waals surface area contributed by atoms with Gasteiger partial charge in [0.25, 0.3) is 5.91 Å². The zero-order chi connectivity index (χ0) is 18.3. The van der Waals surface area contributed by atoms with Gasteiger partial charge in [0.1, 0.15) is 5.00 Å². The van der Waals surface area contributed by atoms with Crippen LogP contribution < -0.4 is 16.4 Å². The first kappa shape index (κ1) is 17.5. The highest BCUT2D eigenvalue weighted by atomic mass is 35.5. The van der Waals surface area contributed by atoms with Crippen LogP contribution in [0.4, 0.5) is 5.00 Å². The number of nitrogens with one attached hydrogen (secondary N) is 2. The van der Waals surface area contributed by atoms with E-state index in [1.807, 2.05) is 18.2 Å². The van der Waals surface area contributed by atoms with Gasteiger partial charge in [-0.2, -0.15) is 0 Å². The number of amides is 2. The molecule has 4 N–H and O–H groups in total. The van der Waals surface area contributed by atoms with Crippen LogP contribution in [0, 0.1) is 0 Å². The molecule has 1 aliphatic carbocycles. The molecular weight excluding hydrogens is 370 g/mol. The molecule has 0 fully saturated rings. The summed E-state index contributed by atoms with van der Waals surface area (Å²) in [5, 5.41) is 7.41. The minimum atomic E-state index is -0.472. The summed E-state index contributed by atoms with van der Waals surface area (Å²) in [5.74, 6) is -1.03. The molecular formula is C19H20ClN3O2S. The molecule has 2 aromatic rings. The quantitative estimate of drug-likeness (QED) is 0.753. The SMILES string of the molecule is NC(=O)c1c(NC(=O)C2CNCc3cccc(Cl)c32)sc2c1CCCC2. The zero-order valence-corrected chi connectivity index (χ0v) is 15.8. The van der Waals surface area contributed by atoms with Gasteiger partial charge >= 0.3 is 0 Å². The van der Waals surface area contributed by atoms with Crippen LogP contribution in [0.5, 0.6) is 0 Å². The van der Waals surface area contributed by atoms with Crippen molar-refractivity contribution in [2.45, 2.75) is 38.1 Å². The normalized spacial score (nSPS) is 18.7. The molecule has 136 valence electrons. The standard InChI is InChI=1S/C19H20ClN3O2S/c20-13-6-3-4-10-8-22-9-12(15(10)13)18(25)23-19-16(17(21)24)11-5-1-2-7-14(11)26-19/h3-4,6,12,22H,1-2,5,7-9H2,(H2,21,24)(H,23,25). The number of benzene rings is 1. The molecule has 2 heterocycles. The first-order valence-corrected chi connectivity index (χ1v) is 9.99. The lowest BCUT2D eigenvalue weighted by molar-refractivity contribution is -0.117. The number of carbonyl (C=O) groups excluding carboxylic acids is 2. The number of fused-ring (bicyclic) bond motifs is 2. The van der Waals surface area contributed by atoms with Crippen molar-refractivity contribution in [1.29, 1.82) is 0 Å². The third-order valence-corrected chi connectivity index (χ3v) is 6.66. The average Bonchev–Trinajstić information content (AvgIpc) is 2.99. The molecule has 7 heteroatoms. The number of hydrogen-bond acceptors (Lipinski definition) is 4. The van der Waals surface area contributed by atoms with Crippen LogP contribution in [0.3, 0.4) is 0 Å². The molecule has 2 amide bonds. The molecule has 0 saturated heterocycles. The molecule has 1 aromatic heterocycles. The van der Waals surface area contributed by atoms with Gasteiger partial charge in [-0.15, -0.1) is 11.3 Å². The second kappa shape index (κ2) is 7.02. The second-order valence-corrected chi connectivity index (χ2v) is 8.28. The second-order valence-electron chi connectivity index (χ2n) is 6.76. The summed E-state index contributed by atoms with van der Waals surface area (Å²) >= 11 is 7.85. The number of aryl methyl sites for hydroxylation is 1. The highest BCUT2D eigenvalue weighted by Gasteiger charge is 2.31. The minimum Gasteiger partial charge on any atom is -0.365 e. The number of hydrogen-bond donors (Lipinski definition) is 3. The molecule has 0 bridgehead atoms. The zero-order valence-electron chi connectivity index (χ0n) is 14.2. The van der Waals surface area contributed by atoms with Crippen molar-refractivity contribution in [3.8, 4) is 0 Å². The molecule has 5 nitrogen and oxygen atoms in total. The van der Waals surface area contributed by atoms with Crippen molar-refractivity contribution in [3.05, 3.63) is 50.4 Å². The van der Waals surface area contributed by atoms with Crippen LogP contribution in [0.15, 0.2) is 18.2 Å². The summed E-state index contributed by atoms with van der Waals surface area (Å²) in [4.78, 5) is 26.2. The Morgan fingerprint density at radius 2 is 2.08 bits per heavy atom. The Kier molecular flexibility index (Phi) is 4.73. The number of anilines is 1. The van der Waals surface area contributed by atoms with Crippen LogP contribution in [0.25, 0.3) is 0 Å². The maximum absolute atomic E-state index is 13.0. The van der Waals surface area contributed by atoms with Crippen LogP contribution in [-0.2, 0) is 24.2 Å². The number of halogens is 1. The highest BCUT2D eigenvalue weighted by Crippen LogP contribution is 2.39. The van der Waals surface area contributed by atoms with Crippen LogP contribution in [-0.4, -0.2) is 18.4 Å². The summed E-state index contributed by atoms with van der Waals surface area (Å²) in [6.45, 7) is 1.21. The molecule has 1 unspecified atom stereocenters. The van der Waals surface area contributed by atoms with Crippen molar-refractivity contribution in [2.75, 3.05) is 11.9 Å². The smallest absolute Gasteiger partial charge is 0.251 e. The van der Waals surface area contributed by atoms with E-state index in [0.29, 0.717) is 28.7 Å². The fourth-order valence-corrected chi connectivity index (χ4v) is 5.54. The van der Waals surface area contributed by atoms with E-state index in [1.54, 1.807) is 0 Å². The predicted octanol–water partition coefficient (Wildman–Crippen LogP) is 3.20. The van der Waals surface area contributed by atoms with E-state index < -0.39 is 11.8 Å². The van der Waals surface area contributed by atoms with Gasteiger partial charge in [0.2, 0.25) is 5.91 Å². The largest absolute Gasteiger partial charge is 0.365 e. The summed E-state index contributed by atoms with van der Waals surface area (Å²) in [6.07, 6.45) is 3.94. The van der Waals surface area contributed by atoms with E-state index in [9.17, 15) is 9.59 Å². The van der Waals surface area contributed by atoms with E-state index in [2.05, 4.69) is 10.6 Å². The first-order chi connectivity index (χ1) is 12.6. The number of primary amides is 1. The van der Waals surface area contributed by atoms with E-state index in [4.69, 9.17) is 17.3 Å². The lowest BCUT2D eigenvalue weighted by Gasteiger charge is -2.26. The summed E-state index contributed by atoms with van der Waals surface area (Å²) in [5.41, 5.74) is 9.03. The van der Waals surface area contributed by atoms with Crippen LogP contribution in [0.1, 0.15) is 50.7 Å². The summed E-state index contributed by atoms with van der Waals surface area (Å²) < 4.78 is 0. The maximum Gasteiger partial charge on any atom is 0.251 e. The molecule has 0 saturated carbocycles. The number of carbonyl (C=O) groups is 2. The van der Waals surface area contributed by atoms with Crippen molar-refractivity contribution in [3.63, 3.8) is 0 Å². The Morgan fingerprint density at radius 1 is 1.27 bits per heavy atom. The van der Waals surface area contributed by atoms with Gasteiger partial charge in [-0.1, -0.05) is 23.7 Å². The monoisotopic (exact) mass is 389 g/mol. The molecule has 4 rings (SSSR count). The van der Waals surface area contributed by atoms with Crippen molar-refractivity contribution in [2.24, 2.45) is 5.73 Å². The fourth-order valence-electron chi connectivity index (χ4n) is 3.92. The van der Waals surface area contributed by atoms with E-state index >= 15 is 0 Å². The average molecular weight is 390 g/mol. The number of rotatable bonds is 3. The highest BCUT2D eigenvalue weighted by molar-refractivity contribution is 7.17. The molecule has 26 heavy (non-hydrogen) atoms. The Balaban J connectivity index is 1.66.